The lowest BCUT2D eigenvalue weighted by molar-refractivity contribution is -0.384. The Morgan fingerprint density at radius 1 is 1.15 bits per heavy atom. The number of carbonyl (C=O) groups is 1. The fourth-order valence-electron chi connectivity index (χ4n) is 2.98. The fraction of sp³-hybridized carbons (Fsp3) is 0.316. The highest BCUT2D eigenvalue weighted by molar-refractivity contribution is 5.91. The number of rotatable bonds is 6. The number of carbonyl (C=O) groups excluding carboxylic acids is 1. The summed E-state index contributed by atoms with van der Waals surface area (Å²) in [7, 11) is 1.58. The molecule has 0 aliphatic carbocycles. The molecule has 0 saturated carbocycles. The molecule has 0 bridgehead atoms. The van der Waals surface area contributed by atoms with E-state index >= 15 is 0 Å². The van der Waals surface area contributed by atoms with Crippen LogP contribution in [0.3, 0.4) is 0 Å². The molecule has 1 saturated heterocycles. The van der Waals surface area contributed by atoms with Gasteiger partial charge in [-0.25, -0.2) is 4.79 Å². The van der Waals surface area contributed by atoms with Crippen molar-refractivity contribution in [1.29, 1.82) is 0 Å². The smallest absolute Gasteiger partial charge is 0.338 e. The first-order chi connectivity index (χ1) is 12.6. The van der Waals surface area contributed by atoms with Crippen molar-refractivity contribution in [3.05, 3.63) is 63.7 Å². The quantitative estimate of drug-likeness (QED) is 0.447. The maximum atomic E-state index is 12.3. The van der Waals surface area contributed by atoms with E-state index in [2.05, 4.69) is 0 Å². The van der Waals surface area contributed by atoms with E-state index in [0.29, 0.717) is 11.4 Å². The second-order valence-electron chi connectivity index (χ2n) is 6.08. The lowest BCUT2D eigenvalue weighted by Crippen LogP contribution is -2.19. The van der Waals surface area contributed by atoms with E-state index in [-0.39, 0.29) is 17.9 Å². The number of nitrogens with zero attached hydrogens (tertiary/aromatic N) is 2. The summed E-state index contributed by atoms with van der Waals surface area (Å²) in [4.78, 5) is 25.2. The van der Waals surface area contributed by atoms with Gasteiger partial charge < -0.3 is 14.4 Å². The van der Waals surface area contributed by atoms with Gasteiger partial charge in [-0.05, 0) is 42.7 Å². The summed E-state index contributed by atoms with van der Waals surface area (Å²) >= 11 is 0. The number of methoxy groups -OCH3 is 1. The Morgan fingerprint density at radius 2 is 1.85 bits per heavy atom. The maximum Gasteiger partial charge on any atom is 0.338 e. The molecule has 0 amide bonds. The average Bonchev–Trinajstić information content (AvgIpc) is 3.20. The van der Waals surface area contributed by atoms with Gasteiger partial charge in [0.05, 0.1) is 17.6 Å². The van der Waals surface area contributed by atoms with Crippen LogP contribution in [0.4, 0.5) is 11.4 Å². The standard InChI is InChI=1S/C19H20N2O5/c1-25-16-7-4-14(5-8-16)13-26-19(22)15-6-9-17(18(12-15)21(23)24)20-10-2-3-11-20/h4-9,12H,2-3,10-11,13H2,1H3. The largest absolute Gasteiger partial charge is 0.497 e. The maximum absolute atomic E-state index is 12.3. The number of esters is 1. The second kappa shape index (κ2) is 7.86. The second-order valence-corrected chi connectivity index (χ2v) is 6.08. The summed E-state index contributed by atoms with van der Waals surface area (Å²) in [6.45, 7) is 1.68. The van der Waals surface area contributed by atoms with E-state index in [1.165, 1.54) is 6.07 Å². The summed E-state index contributed by atoms with van der Waals surface area (Å²) in [5.41, 5.74) is 1.47. The van der Waals surface area contributed by atoms with Crippen LogP contribution in [-0.2, 0) is 11.3 Å². The molecule has 0 N–H and O–H groups in total. The first-order valence-electron chi connectivity index (χ1n) is 8.42. The molecule has 0 aromatic heterocycles. The Morgan fingerprint density at radius 3 is 2.46 bits per heavy atom. The minimum Gasteiger partial charge on any atom is -0.497 e. The lowest BCUT2D eigenvalue weighted by atomic mass is 10.1. The highest BCUT2D eigenvalue weighted by Gasteiger charge is 2.24. The highest BCUT2D eigenvalue weighted by atomic mass is 16.6. The SMILES string of the molecule is COc1ccc(COC(=O)c2ccc(N3CCCC3)c([N+](=O)[O-])c2)cc1. The molecule has 1 fully saturated rings. The number of nitro benzene ring substituents is 1. The van der Waals surface area contributed by atoms with Crippen LogP contribution in [0.15, 0.2) is 42.5 Å². The van der Waals surface area contributed by atoms with Crippen LogP contribution in [0.2, 0.25) is 0 Å². The Labute approximate surface area is 151 Å². The van der Waals surface area contributed by atoms with Gasteiger partial charge in [0.15, 0.2) is 0 Å². The molecule has 3 rings (SSSR count). The van der Waals surface area contributed by atoms with Crippen molar-refractivity contribution in [2.75, 3.05) is 25.1 Å². The molecule has 2 aromatic rings. The molecular weight excluding hydrogens is 336 g/mol. The number of ether oxygens (including phenoxy) is 2. The number of hydrogen-bond donors (Lipinski definition) is 0. The molecule has 7 nitrogen and oxygen atoms in total. The molecule has 0 spiro atoms. The molecule has 26 heavy (non-hydrogen) atoms. The predicted molar refractivity (Wildman–Crippen MR) is 96.7 cm³/mol. The van der Waals surface area contributed by atoms with E-state index < -0.39 is 10.9 Å². The topological polar surface area (TPSA) is 81.9 Å². The van der Waals surface area contributed by atoms with Crippen molar-refractivity contribution in [3.63, 3.8) is 0 Å². The lowest BCUT2D eigenvalue weighted by Gasteiger charge is -2.17. The first kappa shape index (κ1) is 17.7. The van der Waals surface area contributed by atoms with Crippen molar-refractivity contribution in [2.45, 2.75) is 19.4 Å². The minimum absolute atomic E-state index is 0.0641. The summed E-state index contributed by atoms with van der Waals surface area (Å²) in [5, 5.41) is 11.4. The Kier molecular flexibility index (Phi) is 5.36. The van der Waals surface area contributed by atoms with E-state index in [9.17, 15) is 14.9 Å². The van der Waals surface area contributed by atoms with Crippen LogP contribution in [0, 0.1) is 10.1 Å². The van der Waals surface area contributed by atoms with Gasteiger partial charge in [0.25, 0.3) is 5.69 Å². The molecule has 1 aliphatic heterocycles. The number of anilines is 1. The van der Waals surface area contributed by atoms with Crippen molar-refractivity contribution in [3.8, 4) is 5.75 Å². The Bertz CT molecular complexity index is 798. The summed E-state index contributed by atoms with van der Waals surface area (Å²) < 4.78 is 10.3. The average molecular weight is 356 g/mol. The fourth-order valence-corrected chi connectivity index (χ4v) is 2.98. The van der Waals surface area contributed by atoms with Gasteiger partial charge in [-0.2, -0.15) is 0 Å². The number of benzene rings is 2. The molecule has 1 heterocycles. The molecular formula is C19H20N2O5. The third-order valence-electron chi connectivity index (χ3n) is 4.38. The molecule has 0 unspecified atom stereocenters. The predicted octanol–water partition coefficient (Wildman–Crippen LogP) is 3.56. The van der Waals surface area contributed by atoms with Gasteiger partial charge in [-0.3, -0.25) is 10.1 Å². The normalized spacial score (nSPS) is 13.5. The van der Waals surface area contributed by atoms with Gasteiger partial charge in [0.2, 0.25) is 0 Å². The van der Waals surface area contributed by atoms with E-state index in [0.717, 1.165) is 31.5 Å². The highest BCUT2D eigenvalue weighted by Crippen LogP contribution is 2.31. The molecule has 7 heteroatoms. The van der Waals surface area contributed by atoms with Gasteiger partial charge in [0, 0.05) is 19.2 Å². The monoisotopic (exact) mass is 356 g/mol. The molecule has 136 valence electrons. The molecule has 1 aliphatic rings. The van der Waals surface area contributed by atoms with Crippen LogP contribution in [0.5, 0.6) is 5.75 Å². The third kappa shape index (κ3) is 3.93. The van der Waals surface area contributed by atoms with Gasteiger partial charge >= 0.3 is 5.97 Å². The van der Waals surface area contributed by atoms with Crippen LogP contribution in [0.25, 0.3) is 0 Å². The van der Waals surface area contributed by atoms with Crippen molar-refractivity contribution in [2.24, 2.45) is 0 Å². The van der Waals surface area contributed by atoms with Crippen LogP contribution < -0.4 is 9.64 Å². The van der Waals surface area contributed by atoms with Crippen molar-refractivity contribution in [1.82, 2.24) is 0 Å². The first-order valence-corrected chi connectivity index (χ1v) is 8.42. The minimum atomic E-state index is -0.586. The molecule has 2 aromatic carbocycles. The van der Waals surface area contributed by atoms with Crippen molar-refractivity contribution >= 4 is 17.3 Å². The summed E-state index contributed by atoms with van der Waals surface area (Å²) in [5.74, 6) is 0.130. The molecule has 0 atom stereocenters. The third-order valence-corrected chi connectivity index (χ3v) is 4.38. The van der Waals surface area contributed by atoms with Gasteiger partial charge in [-0.15, -0.1) is 0 Å². The summed E-state index contributed by atoms with van der Waals surface area (Å²) in [6, 6.07) is 11.7. The Hall–Kier alpha value is -3.09. The zero-order valence-corrected chi connectivity index (χ0v) is 14.5. The van der Waals surface area contributed by atoms with Crippen LogP contribution in [-0.4, -0.2) is 31.1 Å². The van der Waals surface area contributed by atoms with E-state index in [1.54, 1.807) is 43.5 Å². The number of hydrogen-bond acceptors (Lipinski definition) is 6. The van der Waals surface area contributed by atoms with E-state index in [4.69, 9.17) is 9.47 Å². The van der Waals surface area contributed by atoms with E-state index in [1.807, 2.05) is 4.90 Å². The van der Waals surface area contributed by atoms with Crippen LogP contribution in [0.1, 0.15) is 28.8 Å². The van der Waals surface area contributed by atoms with Gasteiger partial charge in [0.1, 0.15) is 18.0 Å². The molecule has 0 radical (unpaired) electrons. The Balaban J connectivity index is 1.72. The zero-order valence-electron chi connectivity index (χ0n) is 14.5. The summed E-state index contributed by atoms with van der Waals surface area (Å²) in [6.07, 6.45) is 2.03. The van der Waals surface area contributed by atoms with Crippen molar-refractivity contribution < 1.29 is 19.2 Å². The number of nitro groups is 1. The van der Waals surface area contributed by atoms with Gasteiger partial charge in [-0.1, -0.05) is 12.1 Å². The zero-order chi connectivity index (χ0) is 18.5. The van der Waals surface area contributed by atoms with Crippen LogP contribution >= 0.6 is 0 Å².